The fraction of sp³-hybridized carbons (Fsp3) is 0.136. The molecule has 0 bridgehead atoms. The van der Waals surface area contributed by atoms with Crippen LogP contribution >= 0.6 is 0 Å². The van der Waals surface area contributed by atoms with E-state index in [0.29, 0.717) is 29.4 Å². The molecule has 0 saturated heterocycles. The molecule has 0 unspecified atom stereocenters. The monoisotopic (exact) mass is 346 g/mol. The van der Waals surface area contributed by atoms with E-state index in [2.05, 4.69) is 13.0 Å². The molecule has 4 nitrogen and oxygen atoms in total. The molecule has 2 heterocycles. The van der Waals surface area contributed by atoms with Crippen molar-refractivity contribution in [2.45, 2.75) is 20.5 Å². The van der Waals surface area contributed by atoms with Crippen LogP contribution in [-0.4, -0.2) is 5.78 Å². The summed E-state index contributed by atoms with van der Waals surface area (Å²) in [5.41, 5.74) is 2.83. The van der Waals surface area contributed by atoms with Crippen molar-refractivity contribution in [1.29, 1.82) is 0 Å². The molecule has 0 fully saturated rings. The molecule has 0 aliphatic carbocycles. The van der Waals surface area contributed by atoms with E-state index in [0.717, 1.165) is 11.3 Å². The molecule has 4 heteroatoms. The molecule has 0 amide bonds. The molecule has 1 aromatic heterocycles. The minimum atomic E-state index is -0.153. The Morgan fingerprint density at radius 2 is 1.88 bits per heavy atom. The molecule has 3 aromatic rings. The van der Waals surface area contributed by atoms with Crippen LogP contribution in [0.15, 0.2) is 64.8 Å². The van der Waals surface area contributed by atoms with Crippen molar-refractivity contribution in [2.24, 2.45) is 0 Å². The number of hydrogen-bond acceptors (Lipinski definition) is 4. The van der Waals surface area contributed by atoms with Crippen LogP contribution in [-0.2, 0) is 6.61 Å². The zero-order valence-corrected chi connectivity index (χ0v) is 14.6. The van der Waals surface area contributed by atoms with Gasteiger partial charge in [0, 0.05) is 12.1 Å². The van der Waals surface area contributed by atoms with Gasteiger partial charge in [0.2, 0.25) is 5.78 Å². The van der Waals surface area contributed by atoms with E-state index < -0.39 is 0 Å². The quantitative estimate of drug-likeness (QED) is 0.617. The molecule has 130 valence electrons. The third-order valence-corrected chi connectivity index (χ3v) is 4.33. The summed E-state index contributed by atoms with van der Waals surface area (Å²) < 4.78 is 17.1. The first-order valence-electron chi connectivity index (χ1n) is 8.42. The molecular formula is C22H18O4. The normalized spacial score (nSPS) is 14.4. The molecule has 4 rings (SSSR count). The standard InChI is InChI=1S/C22H18O4/c1-14-5-3-4-6-16(14)13-24-17-9-10-19-20(11-17)26-21(22(19)23)12-18-8-7-15(2)25-18/h3-12H,13H2,1-2H3/b21-12-. The van der Waals surface area contributed by atoms with Gasteiger partial charge in [-0.2, -0.15) is 0 Å². The summed E-state index contributed by atoms with van der Waals surface area (Å²) in [6, 6.07) is 17.0. The van der Waals surface area contributed by atoms with E-state index in [1.807, 2.05) is 31.2 Å². The molecular weight excluding hydrogens is 328 g/mol. The Kier molecular flexibility index (Phi) is 4.09. The van der Waals surface area contributed by atoms with Crippen molar-refractivity contribution < 1.29 is 18.7 Å². The third-order valence-electron chi connectivity index (χ3n) is 4.33. The van der Waals surface area contributed by atoms with E-state index in [4.69, 9.17) is 13.9 Å². The predicted molar refractivity (Wildman–Crippen MR) is 98.3 cm³/mol. The predicted octanol–water partition coefficient (Wildman–Crippen LogP) is 5.09. The topological polar surface area (TPSA) is 48.7 Å². The minimum Gasteiger partial charge on any atom is -0.489 e. The number of carbonyl (C=O) groups excluding carboxylic acids is 1. The van der Waals surface area contributed by atoms with Crippen LogP contribution in [0.25, 0.3) is 6.08 Å². The number of Topliss-reactive ketones (excluding diaryl/α,β-unsaturated/α-hetero) is 1. The van der Waals surface area contributed by atoms with Crippen LogP contribution in [0.2, 0.25) is 0 Å². The van der Waals surface area contributed by atoms with Crippen molar-refractivity contribution >= 4 is 11.9 Å². The lowest BCUT2D eigenvalue weighted by atomic mass is 10.1. The van der Waals surface area contributed by atoms with Crippen molar-refractivity contribution in [3.8, 4) is 11.5 Å². The van der Waals surface area contributed by atoms with Crippen LogP contribution < -0.4 is 9.47 Å². The second kappa shape index (κ2) is 6.56. The van der Waals surface area contributed by atoms with E-state index in [1.54, 1.807) is 30.3 Å². The number of rotatable bonds is 4. The first-order chi connectivity index (χ1) is 12.6. The first-order valence-corrected chi connectivity index (χ1v) is 8.42. The maximum absolute atomic E-state index is 12.5. The van der Waals surface area contributed by atoms with Crippen LogP contribution in [0.3, 0.4) is 0 Å². The van der Waals surface area contributed by atoms with E-state index in [9.17, 15) is 4.79 Å². The number of ether oxygens (including phenoxy) is 2. The maximum atomic E-state index is 12.5. The fourth-order valence-electron chi connectivity index (χ4n) is 2.85. The van der Waals surface area contributed by atoms with Gasteiger partial charge in [0.15, 0.2) is 5.76 Å². The molecule has 26 heavy (non-hydrogen) atoms. The Hall–Kier alpha value is -3.27. The summed E-state index contributed by atoms with van der Waals surface area (Å²) in [5.74, 6) is 2.65. The van der Waals surface area contributed by atoms with E-state index >= 15 is 0 Å². The highest BCUT2D eigenvalue weighted by molar-refractivity contribution is 6.14. The van der Waals surface area contributed by atoms with Gasteiger partial charge >= 0.3 is 0 Å². The van der Waals surface area contributed by atoms with E-state index in [-0.39, 0.29) is 11.5 Å². The zero-order chi connectivity index (χ0) is 18.1. The summed E-state index contributed by atoms with van der Waals surface area (Å²) in [4.78, 5) is 12.5. The van der Waals surface area contributed by atoms with Crippen molar-refractivity contribution in [1.82, 2.24) is 0 Å². The summed E-state index contributed by atoms with van der Waals surface area (Å²) in [6.07, 6.45) is 1.61. The Bertz CT molecular complexity index is 1010. The number of benzene rings is 2. The Morgan fingerprint density at radius 1 is 1.04 bits per heavy atom. The lowest BCUT2D eigenvalue weighted by Gasteiger charge is -2.09. The Labute approximate surface area is 151 Å². The van der Waals surface area contributed by atoms with Gasteiger partial charge in [-0.05, 0) is 49.2 Å². The van der Waals surface area contributed by atoms with Gasteiger partial charge < -0.3 is 13.9 Å². The van der Waals surface area contributed by atoms with Gasteiger partial charge in [-0.15, -0.1) is 0 Å². The maximum Gasteiger partial charge on any atom is 0.232 e. The summed E-state index contributed by atoms with van der Waals surface area (Å²) in [7, 11) is 0. The SMILES string of the molecule is Cc1ccc(/C=C2\Oc3cc(OCc4ccccc4C)ccc3C2=O)o1. The Balaban J connectivity index is 1.52. The molecule has 0 spiro atoms. The lowest BCUT2D eigenvalue weighted by molar-refractivity contribution is 0.101. The van der Waals surface area contributed by atoms with Crippen LogP contribution in [0.5, 0.6) is 11.5 Å². The van der Waals surface area contributed by atoms with Gasteiger partial charge in [-0.3, -0.25) is 4.79 Å². The van der Waals surface area contributed by atoms with Gasteiger partial charge in [0.1, 0.15) is 29.6 Å². The largest absolute Gasteiger partial charge is 0.489 e. The number of allylic oxidation sites excluding steroid dienone is 1. The van der Waals surface area contributed by atoms with E-state index in [1.165, 1.54) is 5.56 Å². The van der Waals surface area contributed by atoms with Crippen molar-refractivity contribution in [2.75, 3.05) is 0 Å². The molecule has 2 aromatic carbocycles. The number of furan rings is 1. The lowest BCUT2D eigenvalue weighted by Crippen LogP contribution is -1.98. The number of aryl methyl sites for hydroxylation is 2. The summed E-state index contributed by atoms with van der Waals surface area (Å²) in [5, 5.41) is 0. The number of carbonyl (C=O) groups is 1. The summed E-state index contributed by atoms with van der Waals surface area (Å²) in [6.45, 7) is 4.37. The van der Waals surface area contributed by atoms with Gasteiger partial charge in [-0.1, -0.05) is 24.3 Å². The highest BCUT2D eigenvalue weighted by Gasteiger charge is 2.28. The fourth-order valence-corrected chi connectivity index (χ4v) is 2.85. The Morgan fingerprint density at radius 3 is 2.65 bits per heavy atom. The first kappa shape index (κ1) is 16.2. The highest BCUT2D eigenvalue weighted by atomic mass is 16.5. The number of fused-ring (bicyclic) bond motifs is 1. The zero-order valence-electron chi connectivity index (χ0n) is 14.6. The van der Waals surface area contributed by atoms with Crippen molar-refractivity contribution in [3.63, 3.8) is 0 Å². The summed E-state index contributed by atoms with van der Waals surface area (Å²) >= 11 is 0. The molecule has 0 N–H and O–H groups in total. The van der Waals surface area contributed by atoms with Crippen LogP contribution in [0.1, 0.15) is 33.0 Å². The number of ketones is 1. The van der Waals surface area contributed by atoms with Gasteiger partial charge in [-0.25, -0.2) is 0 Å². The molecule has 1 aliphatic heterocycles. The van der Waals surface area contributed by atoms with Crippen LogP contribution in [0.4, 0.5) is 0 Å². The number of hydrogen-bond donors (Lipinski definition) is 0. The molecule has 0 atom stereocenters. The van der Waals surface area contributed by atoms with Gasteiger partial charge in [0.05, 0.1) is 5.56 Å². The molecule has 0 saturated carbocycles. The smallest absolute Gasteiger partial charge is 0.232 e. The second-order valence-corrected chi connectivity index (χ2v) is 6.26. The third kappa shape index (κ3) is 3.14. The van der Waals surface area contributed by atoms with Gasteiger partial charge in [0.25, 0.3) is 0 Å². The van der Waals surface area contributed by atoms with Crippen LogP contribution in [0, 0.1) is 13.8 Å². The van der Waals surface area contributed by atoms with Crippen molar-refractivity contribution in [3.05, 3.63) is 88.6 Å². The average molecular weight is 346 g/mol. The highest BCUT2D eigenvalue weighted by Crippen LogP contribution is 2.35. The molecule has 0 radical (unpaired) electrons. The second-order valence-electron chi connectivity index (χ2n) is 6.26. The average Bonchev–Trinajstić information content (AvgIpc) is 3.18. The minimum absolute atomic E-state index is 0.153. The molecule has 1 aliphatic rings.